The Balaban J connectivity index is 1.10. The standard InChI is InChI=1S/C24H28FN3/c25-24(9-12-28(13-10-24)16-18-4-2-1-3-5-18)17-27-23-15-21(23)19-6-7-22-20(14-19)8-11-26-22/h1-8,11,14,21,23,26-27H,9-10,12-13,15-17H2. The van der Waals surface area contributed by atoms with E-state index < -0.39 is 5.67 Å². The molecular weight excluding hydrogens is 349 g/mol. The van der Waals surface area contributed by atoms with E-state index in [-0.39, 0.29) is 0 Å². The highest BCUT2D eigenvalue weighted by Gasteiger charge is 2.41. The third-order valence-corrected chi connectivity index (χ3v) is 6.48. The Bertz CT molecular complexity index is 927. The molecule has 4 heteroatoms. The number of nitrogens with zero attached hydrogens (tertiary/aromatic N) is 1. The van der Waals surface area contributed by atoms with E-state index in [4.69, 9.17) is 0 Å². The van der Waals surface area contributed by atoms with E-state index in [0.29, 0.717) is 31.3 Å². The lowest BCUT2D eigenvalue weighted by Crippen LogP contribution is -2.47. The third kappa shape index (κ3) is 3.85. The Labute approximate surface area is 165 Å². The molecule has 1 saturated heterocycles. The van der Waals surface area contributed by atoms with E-state index in [1.54, 1.807) is 0 Å². The molecule has 146 valence electrons. The number of nitrogens with one attached hydrogen (secondary N) is 2. The molecule has 5 rings (SSSR count). The summed E-state index contributed by atoms with van der Waals surface area (Å²) in [6.07, 6.45) is 4.35. The largest absolute Gasteiger partial charge is 0.361 e. The van der Waals surface area contributed by atoms with Crippen LogP contribution in [-0.4, -0.2) is 41.2 Å². The number of piperidine rings is 1. The van der Waals surface area contributed by atoms with Crippen molar-refractivity contribution in [2.75, 3.05) is 19.6 Å². The SMILES string of the molecule is FC1(CNC2CC2c2ccc3[nH]ccc3c2)CCN(Cc2ccccc2)CC1. The maximum absolute atomic E-state index is 15.3. The van der Waals surface area contributed by atoms with Crippen LogP contribution in [0.1, 0.15) is 36.3 Å². The van der Waals surface area contributed by atoms with Gasteiger partial charge in [-0.25, -0.2) is 4.39 Å². The number of likely N-dealkylation sites (tertiary alicyclic amines) is 1. The van der Waals surface area contributed by atoms with Crippen LogP contribution >= 0.6 is 0 Å². The number of hydrogen-bond donors (Lipinski definition) is 2. The molecule has 28 heavy (non-hydrogen) atoms. The molecule has 0 bridgehead atoms. The molecule has 2 fully saturated rings. The zero-order valence-electron chi connectivity index (χ0n) is 16.2. The summed E-state index contributed by atoms with van der Waals surface area (Å²) in [7, 11) is 0. The lowest BCUT2D eigenvalue weighted by molar-refractivity contribution is 0.0544. The first-order valence-corrected chi connectivity index (χ1v) is 10.4. The van der Waals surface area contributed by atoms with E-state index >= 15 is 4.39 Å². The average Bonchev–Trinajstić information content (AvgIpc) is 3.36. The second-order valence-electron chi connectivity index (χ2n) is 8.57. The molecule has 2 aromatic carbocycles. The van der Waals surface area contributed by atoms with Crippen LogP contribution in [0.25, 0.3) is 10.9 Å². The van der Waals surface area contributed by atoms with Crippen molar-refractivity contribution in [3.05, 3.63) is 71.9 Å². The number of benzene rings is 2. The maximum Gasteiger partial charge on any atom is 0.125 e. The Hall–Kier alpha value is -2.17. The van der Waals surface area contributed by atoms with Gasteiger partial charge in [0.2, 0.25) is 0 Å². The number of hydrogen-bond acceptors (Lipinski definition) is 2. The Morgan fingerprint density at radius 3 is 2.71 bits per heavy atom. The fourth-order valence-corrected chi connectivity index (χ4v) is 4.54. The number of fused-ring (bicyclic) bond motifs is 1. The second-order valence-corrected chi connectivity index (χ2v) is 8.57. The summed E-state index contributed by atoms with van der Waals surface area (Å²) in [5.41, 5.74) is 2.80. The zero-order valence-corrected chi connectivity index (χ0v) is 16.2. The summed E-state index contributed by atoms with van der Waals surface area (Å²) in [6.45, 7) is 3.09. The quantitative estimate of drug-likeness (QED) is 0.657. The number of rotatable bonds is 6. The van der Waals surface area contributed by atoms with E-state index in [0.717, 1.165) is 26.1 Å². The van der Waals surface area contributed by atoms with Crippen molar-refractivity contribution >= 4 is 10.9 Å². The Morgan fingerprint density at radius 2 is 1.89 bits per heavy atom. The minimum Gasteiger partial charge on any atom is -0.361 e. The summed E-state index contributed by atoms with van der Waals surface area (Å²) in [6, 6.07) is 19.6. The Morgan fingerprint density at radius 1 is 1.07 bits per heavy atom. The molecule has 2 unspecified atom stereocenters. The molecule has 2 aliphatic rings. The van der Waals surface area contributed by atoms with Crippen LogP contribution in [0.4, 0.5) is 4.39 Å². The smallest absolute Gasteiger partial charge is 0.125 e. The van der Waals surface area contributed by atoms with Crippen LogP contribution in [0.5, 0.6) is 0 Å². The molecule has 2 N–H and O–H groups in total. The first-order valence-electron chi connectivity index (χ1n) is 10.4. The van der Waals surface area contributed by atoms with Crippen LogP contribution in [-0.2, 0) is 6.54 Å². The monoisotopic (exact) mass is 377 g/mol. The Kier molecular flexibility index (Phi) is 4.69. The highest BCUT2D eigenvalue weighted by Crippen LogP contribution is 2.42. The molecule has 2 atom stereocenters. The van der Waals surface area contributed by atoms with Crippen molar-refractivity contribution in [1.29, 1.82) is 0 Å². The van der Waals surface area contributed by atoms with Crippen LogP contribution in [0.2, 0.25) is 0 Å². The number of halogens is 1. The van der Waals surface area contributed by atoms with Gasteiger partial charge in [-0.1, -0.05) is 36.4 Å². The second kappa shape index (κ2) is 7.34. The van der Waals surface area contributed by atoms with E-state index in [1.807, 2.05) is 12.3 Å². The van der Waals surface area contributed by atoms with Gasteiger partial charge in [0.15, 0.2) is 0 Å². The molecule has 1 aliphatic carbocycles. The summed E-state index contributed by atoms with van der Waals surface area (Å²) in [5.74, 6) is 0.529. The number of aromatic nitrogens is 1. The molecule has 1 aromatic heterocycles. The molecule has 3 nitrogen and oxygen atoms in total. The highest BCUT2D eigenvalue weighted by molar-refractivity contribution is 5.80. The van der Waals surface area contributed by atoms with Crippen LogP contribution in [0.15, 0.2) is 60.8 Å². The molecule has 3 aromatic rings. The first-order chi connectivity index (χ1) is 13.7. The minimum atomic E-state index is -1.06. The van der Waals surface area contributed by atoms with E-state index in [2.05, 4.69) is 63.7 Å². The minimum absolute atomic E-state index is 0.423. The van der Waals surface area contributed by atoms with Crippen LogP contribution in [0.3, 0.4) is 0 Å². The molecule has 2 heterocycles. The van der Waals surface area contributed by atoms with Crippen molar-refractivity contribution in [2.24, 2.45) is 0 Å². The van der Waals surface area contributed by atoms with Gasteiger partial charge in [-0.15, -0.1) is 0 Å². The molecule has 0 radical (unpaired) electrons. The van der Waals surface area contributed by atoms with Gasteiger partial charge in [0.25, 0.3) is 0 Å². The molecular formula is C24H28FN3. The fourth-order valence-electron chi connectivity index (χ4n) is 4.54. The van der Waals surface area contributed by atoms with E-state index in [9.17, 15) is 0 Å². The van der Waals surface area contributed by atoms with Gasteiger partial charge >= 0.3 is 0 Å². The van der Waals surface area contributed by atoms with Crippen molar-refractivity contribution < 1.29 is 4.39 Å². The van der Waals surface area contributed by atoms with Gasteiger partial charge in [-0.2, -0.15) is 0 Å². The van der Waals surface area contributed by atoms with Crippen LogP contribution in [0, 0.1) is 0 Å². The average molecular weight is 378 g/mol. The van der Waals surface area contributed by atoms with Gasteiger partial charge in [0.05, 0.1) is 0 Å². The predicted molar refractivity (Wildman–Crippen MR) is 112 cm³/mol. The summed E-state index contributed by atoms with van der Waals surface area (Å²) in [4.78, 5) is 5.61. The molecule has 0 amide bonds. The fraction of sp³-hybridized carbons (Fsp3) is 0.417. The lowest BCUT2D eigenvalue weighted by atomic mass is 9.93. The van der Waals surface area contributed by atoms with Gasteiger partial charge in [-0.3, -0.25) is 4.90 Å². The summed E-state index contributed by atoms with van der Waals surface area (Å²) < 4.78 is 15.3. The maximum atomic E-state index is 15.3. The van der Waals surface area contributed by atoms with Gasteiger partial charge in [-0.05, 0) is 54.0 Å². The molecule has 1 aliphatic heterocycles. The normalized spacial score (nSPS) is 24.5. The zero-order chi connectivity index (χ0) is 19.0. The summed E-state index contributed by atoms with van der Waals surface area (Å²) in [5, 5.41) is 4.78. The lowest BCUT2D eigenvalue weighted by Gasteiger charge is -2.36. The number of H-pyrrole nitrogens is 1. The van der Waals surface area contributed by atoms with E-state index in [1.165, 1.54) is 22.0 Å². The van der Waals surface area contributed by atoms with Crippen LogP contribution < -0.4 is 5.32 Å². The first kappa shape index (κ1) is 17.9. The highest BCUT2D eigenvalue weighted by atomic mass is 19.1. The van der Waals surface area contributed by atoms with Crippen molar-refractivity contribution in [1.82, 2.24) is 15.2 Å². The number of alkyl halides is 1. The van der Waals surface area contributed by atoms with Gasteiger partial charge < -0.3 is 10.3 Å². The number of aromatic amines is 1. The topological polar surface area (TPSA) is 31.1 Å². The predicted octanol–water partition coefficient (Wildman–Crippen LogP) is 4.62. The third-order valence-electron chi connectivity index (χ3n) is 6.48. The van der Waals surface area contributed by atoms with Crippen molar-refractivity contribution in [2.45, 2.75) is 43.4 Å². The van der Waals surface area contributed by atoms with Crippen molar-refractivity contribution in [3.63, 3.8) is 0 Å². The molecule has 1 saturated carbocycles. The van der Waals surface area contributed by atoms with Gasteiger partial charge in [0, 0.05) is 49.9 Å². The molecule has 0 spiro atoms. The van der Waals surface area contributed by atoms with Crippen molar-refractivity contribution in [3.8, 4) is 0 Å². The van der Waals surface area contributed by atoms with Gasteiger partial charge in [0.1, 0.15) is 5.67 Å². The summed E-state index contributed by atoms with van der Waals surface area (Å²) >= 11 is 0.